The highest BCUT2D eigenvalue weighted by molar-refractivity contribution is 7.99. The zero-order valence-corrected chi connectivity index (χ0v) is 18.2. The molecule has 1 amide bonds. The van der Waals surface area contributed by atoms with E-state index in [1.54, 1.807) is 54.6 Å². The average molecular weight is 448 g/mol. The highest BCUT2D eigenvalue weighted by Crippen LogP contribution is 2.25. The van der Waals surface area contributed by atoms with Crippen molar-refractivity contribution in [2.75, 3.05) is 5.32 Å². The van der Waals surface area contributed by atoms with Gasteiger partial charge in [-0.15, -0.1) is 0 Å². The molecule has 0 fully saturated rings. The summed E-state index contributed by atoms with van der Waals surface area (Å²) in [5, 5.41) is 8.51. The zero-order chi connectivity index (χ0) is 21.8. The summed E-state index contributed by atoms with van der Waals surface area (Å²) in [6.07, 6.45) is 0. The van der Waals surface area contributed by atoms with Crippen molar-refractivity contribution >= 4 is 35.0 Å². The SMILES string of the molecule is Cc1ccc(Sc2ccc(=O)n(-c3ccc(C(=O)Nc4cccc(Cl)c4)cc3)n2)cc1. The second-order valence-corrected chi connectivity index (χ2v) is 8.38. The number of aryl methyl sites for hydroxylation is 1. The Hall–Kier alpha value is -3.35. The lowest BCUT2D eigenvalue weighted by Gasteiger charge is -2.09. The van der Waals surface area contributed by atoms with Crippen LogP contribution in [0.25, 0.3) is 5.69 Å². The van der Waals surface area contributed by atoms with Crippen LogP contribution in [0.5, 0.6) is 0 Å². The lowest BCUT2D eigenvalue weighted by Crippen LogP contribution is -2.20. The van der Waals surface area contributed by atoms with Gasteiger partial charge in [-0.2, -0.15) is 9.78 Å². The van der Waals surface area contributed by atoms with E-state index in [-0.39, 0.29) is 11.5 Å². The number of hydrogen-bond acceptors (Lipinski definition) is 4. The predicted molar refractivity (Wildman–Crippen MR) is 125 cm³/mol. The minimum absolute atomic E-state index is 0.246. The van der Waals surface area contributed by atoms with Crippen LogP contribution >= 0.6 is 23.4 Å². The molecule has 0 aliphatic carbocycles. The van der Waals surface area contributed by atoms with Gasteiger partial charge in [0.25, 0.3) is 11.5 Å². The van der Waals surface area contributed by atoms with Crippen LogP contribution < -0.4 is 10.9 Å². The van der Waals surface area contributed by atoms with Crippen molar-refractivity contribution in [1.82, 2.24) is 9.78 Å². The van der Waals surface area contributed by atoms with E-state index >= 15 is 0 Å². The summed E-state index contributed by atoms with van der Waals surface area (Å²) in [5.41, 5.74) is 2.59. The Morgan fingerprint density at radius 2 is 1.71 bits per heavy atom. The first-order valence-electron chi connectivity index (χ1n) is 9.50. The normalized spacial score (nSPS) is 10.6. The first kappa shape index (κ1) is 20.9. The van der Waals surface area contributed by atoms with Crippen LogP contribution in [0.15, 0.2) is 99.6 Å². The maximum atomic E-state index is 12.5. The van der Waals surface area contributed by atoms with Crippen LogP contribution in [0, 0.1) is 6.92 Å². The summed E-state index contributed by atoms with van der Waals surface area (Å²) in [6, 6.07) is 24.9. The minimum Gasteiger partial charge on any atom is -0.322 e. The zero-order valence-electron chi connectivity index (χ0n) is 16.6. The fraction of sp³-hybridized carbons (Fsp3) is 0.0417. The third-order valence-electron chi connectivity index (χ3n) is 4.48. The maximum absolute atomic E-state index is 12.5. The number of nitrogens with one attached hydrogen (secondary N) is 1. The largest absolute Gasteiger partial charge is 0.322 e. The molecule has 0 spiro atoms. The Bertz CT molecular complexity index is 1290. The van der Waals surface area contributed by atoms with Crippen molar-refractivity contribution in [2.24, 2.45) is 0 Å². The van der Waals surface area contributed by atoms with Crippen LogP contribution in [0.2, 0.25) is 5.02 Å². The van der Waals surface area contributed by atoms with Crippen LogP contribution in [0.4, 0.5) is 5.69 Å². The van der Waals surface area contributed by atoms with Crippen molar-refractivity contribution in [3.63, 3.8) is 0 Å². The molecule has 0 bridgehead atoms. The Morgan fingerprint density at radius 1 is 0.968 bits per heavy atom. The number of halogens is 1. The molecule has 0 atom stereocenters. The molecule has 3 aromatic carbocycles. The first-order valence-corrected chi connectivity index (χ1v) is 10.7. The van der Waals surface area contributed by atoms with Crippen molar-refractivity contribution in [1.29, 1.82) is 0 Å². The van der Waals surface area contributed by atoms with Gasteiger partial charge in [0.15, 0.2) is 0 Å². The summed E-state index contributed by atoms with van der Waals surface area (Å²) in [5.74, 6) is -0.266. The third kappa shape index (κ3) is 5.23. The predicted octanol–water partition coefficient (Wildman–Crippen LogP) is 5.60. The molecule has 1 heterocycles. The fourth-order valence-electron chi connectivity index (χ4n) is 2.88. The van der Waals surface area contributed by atoms with Gasteiger partial charge in [-0.25, -0.2) is 0 Å². The van der Waals surface area contributed by atoms with Crippen LogP contribution in [-0.2, 0) is 0 Å². The number of rotatable bonds is 5. The number of aromatic nitrogens is 2. The van der Waals surface area contributed by atoms with Crippen LogP contribution in [-0.4, -0.2) is 15.7 Å². The second kappa shape index (κ2) is 9.20. The lowest BCUT2D eigenvalue weighted by molar-refractivity contribution is 0.102. The summed E-state index contributed by atoms with van der Waals surface area (Å²) in [7, 11) is 0. The summed E-state index contributed by atoms with van der Waals surface area (Å²) >= 11 is 7.43. The molecule has 31 heavy (non-hydrogen) atoms. The maximum Gasteiger partial charge on any atom is 0.271 e. The number of amides is 1. The molecule has 0 aliphatic heterocycles. The number of carbonyl (C=O) groups excluding carboxylic acids is 1. The van der Waals surface area contributed by atoms with Gasteiger partial charge >= 0.3 is 0 Å². The number of carbonyl (C=O) groups is 1. The molecule has 154 valence electrons. The van der Waals surface area contributed by atoms with E-state index < -0.39 is 0 Å². The average Bonchev–Trinajstić information content (AvgIpc) is 2.77. The molecular weight excluding hydrogens is 430 g/mol. The molecular formula is C24H18ClN3O2S. The Morgan fingerprint density at radius 3 is 2.42 bits per heavy atom. The van der Waals surface area contributed by atoms with Crippen molar-refractivity contribution < 1.29 is 4.79 Å². The quantitative estimate of drug-likeness (QED) is 0.432. The first-order chi connectivity index (χ1) is 15.0. The standard InChI is InChI=1S/C24H18ClN3O2S/c1-16-5-11-21(12-6-16)31-22-13-14-23(29)28(27-22)20-9-7-17(8-10-20)24(30)26-19-4-2-3-18(25)15-19/h2-15H,1H3,(H,26,30). The third-order valence-corrected chi connectivity index (χ3v) is 5.65. The summed E-state index contributed by atoms with van der Waals surface area (Å²) in [6.45, 7) is 2.03. The van der Waals surface area contributed by atoms with Gasteiger partial charge in [-0.05, 0) is 67.6 Å². The van der Waals surface area contributed by atoms with Gasteiger partial charge in [0.2, 0.25) is 0 Å². The monoisotopic (exact) mass is 447 g/mol. The molecule has 4 aromatic rings. The van der Waals surface area contributed by atoms with E-state index in [2.05, 4.69) is 10.4 Å². The molecule has 5 nitrogen and oxygen atoms in total. The minimum atomic E-state index is -0.266. The number of benzene rings is 3. The van der Waals surface area contributed by atoms with Gasteiger partial charge in [-0.3, -0.25) is 9.59 Å². The van der Waals surface area contributed by atoms with Gasteiger partial charge in [-0.1, -0.05) is 47.1 Å². The van der Waals surface area contributed by atoms with Gasteiger partial charge in [0.05, 0.1) is 5.69 Å². The molecule has 1 aromatic heterocycles. The Kier molecular flexibility index (Phi) is 6.21. The molecule has 4 rings (SSSR count). The second-order valence-electron chi connectivity index (χ2n) is 6.85. The van der Waals surface area contributed by atoms with E-state index in [1.807, 2.05) is 31.2 Å². The van der Waals surface area contributed by atoms with E-state index in [0.717, 1.165) is 4.90 Å². The van der Waals surface area contributed by atoms with Crippen molar-refractivity contribution in [3.05, 3.63) is 111 Å². The topological polar surface area (TPSA) is 64.0 Å². The summed E-state index contributed by atoms with van der Waals surface area (Å²) in [4.78, 5) is 25.9. The lowest BCUT2D eigenvalue weighted by atomic mass is 10.2. The van der Waals surface area contributed by atoms with Gasteiger partial charge in [0, 0.05) is 27.2 Å². The molecule has 0 saturated heterocycles. The summed E-state index contributed by atoms with van der Waals surface area (Å²) < 4.78 is 1.33. The highest BCUT2D eigenvalue weighted by atomic mass is 35.5. The van der Waals surface area contributed by atoms with Crippen LogP contribution in [0.3, 0.4) is 0 Å². The Labute approximate surface area is 188 Å². The van der Waals surface area contributed by atoms with E-state index in [1.165, 1.54) is 28.1 Å². The van der Waals surface area contributed by atoms with E-state index in [9.17, 15) is 9.59 Å². The van der Waals surface area contributed by atoms with Gasteiger partial charge < -0.3 is 5.32 Å². The number of anilines is 1. The molecule has 0 saturated carbocycles. The molecule has 7 heteroatoms. The smallest absolute Gasteiger partial charge is 0.271 e. The molecule has 1 N–H and O–H groups in total. The van der Waals surface area contributed by atoms with Gasteiger partial charge in [0.1, 0.15) is 5.03 Å². The fourth-order valence-corrected chi connectivity index (χ4v) is 3.85. The molecule has 0 radical (unpaired) electrons. The molecule has 0 unspecified atom stereocenters. The number of nitrogens with zero attached hydrogens (tertiary/aromatic N) is 2. The van der Waals surface area contributed by atoms with Crippen LogP contribution in [0.1, 0.15) is 15.9 Å². The van der Waals surface area contributed by atoms with Crippen molar-refractivity contribution in [2.45, 2.75) is 16.8 Å². The van der Waals surface area contributed by atoms with E-state index in [0.29, 0.717) is 27.0 Å². The number of hydrogen-bond donors (Lipinski definition) is 1. The Balaban J connectivity index is 1.53. The molecule has 0 aliphatic rings. The van der Waals surface area contributed by atoms with E-state index in [4.69, 9.17) is 11.6 Å². The van der Waals surface area contributed by atoms with Crippen molar-refractivity contribution in [3.8, 4) is 5.69 Å². The highest BCUT2D eigenvalue weighted by Gasteiger charge is 2.09.